The lowest BCUT2D eigenvalue weighted by molar-refractivity contribution is 0.0793. The van der Waals surface area contributed by atoms with Crippen LogP contribution in [0.5, 0.6) is 0 Å². The molecular weight excluding hydrogens is 290 g/mol. The zero-order valence-corrected chi connectivity index (χ0v) is 12.9. The summed E-state index contributed by atoms with van der Waals surface area (Å²) in [5, 5.41) is 2.85. The molecule has 5 heteroatoms. The van der Waals surface area contributed by atoms with Crippen molar-refractivity contribution >= 4 is 11.8 Å². The molecule has 1 aromatic heterocycles. The van der Waals surface area contributed by atoms with Gasteiger partial charge in [-0.1, -0.05) is 12.1 Å². The summed E-state index contributed by atoms with van der Waals surface area (Å²) >= 11 is 0. The quantitative estimate of drug-likeness (QED) is 0.942. The molecule has 1 aliphatic rings. The van der Waals surface area contributed by atoms with E-state index < -0.39 is 0 Å². The highest BCUT2D eigenvalue weighted by Gasteiger charge is 2.20. The van der Waals surface area contributed by atoms with E-state index in [1.165, 1.54) is 0 Å². The van der Waals surface area contributed by atoms with Crippen LogP contribution in [-0.4, -0.2) is 34.8 Å². The van der Waals surface area contributed by atoms with Crippen molar-refractivity contribution < 1.29 is 9.59 Å². The largest absolute Gasteiger partial charge is 0.348 e. The zero-order valence-electron chi connectivity index (χ0n) is 12.9. The average Bonchev–Trinajstić information content (AvgIpc) is 3.14. The normalized spacial score (nSPS) is 13.8. The standard InChI is InChI=1S/C18H19N3O2/c22-17(20-13-14-5-4-8-19-12-14)15-6-3-7-16(11-15)18(23)21-9-1-2-10-21/h3-8,11-12H,1-2,9-10,13H2,(H,20,22). The minimum atomic E-state index is -0.190. The van der Waals surface area contributed by atoms with E-state index in [2.05, 4.69) is 10.3 Å². The Morgan fingerprint density at radius 3 is 2.61 bits per heavy atom. The highest BCUT2D eigenvalue weighted by atomic mass is 16.2. The average molecular weight is 309 g/mol. The van der Waals surface area contributed by atoms with Crippen LogP contribution in [-0.2, 0) is 6.54 Å². The van der Waals surface area contributed by atoms with Crippen molar-refractivity contribution in [2.45, 2.75) is 19.4 Å². The highest BCUT2D eigenvalue weighted by molar-refractivity contribution is 5.99. The van der Waals surface area contributed by atoms with Crippen molar-refractivity contribution in [2.24, 2.45) is 0 Å². The molecule has 0 radical (unpaired) electrons. The fourth-order valence-electron chi connectivity index (χ4n) is 2.68. The second-order valence-electron chi connectivity index (χ2n) is 5.62. The van der Waals surface area contributed by atoms with Gasteiger partial charge in [-0.3, -0.25) is 14.6 Å². The third-order valence-corrected chi connectivity index (χ3v) is 3.94. The maximum Gasteiger partial charge on any atom is 0.253 e. The first kappa shape index (κ1) is 15.2. The van der Waals surface area contributed by atoms with Crippen LogP contribution in [0, 0.1) is 0 Å². The summed E-state index contributed by atoms with van der Waals surface area (Å²) in [7, 11) is 0. The van der Waals surface area contributed by atoms with Gasteiger partial charge in [0.1, 0.15) is 0 Å². The van der Waals surface area contributed by atoms with Crippen molar-refractivity contribution in [1.82, 2.24) is 15.2 Å². The van der Waals surface area contributed by atoms with Gasteiger partial charge >= 0.3 is 0 Å². The number of pyridine rings is 1. The Bertz CT molecular complexity index is 694. The van der Waals surface area contributed by atoms with Gasteiger partial charge < -0.3 is 10.2 Å². The molecule has 0 unspecified atom stereocenters. The molecule has 2 heterocycles. The number of hydrogen-bond acceptors (Lipinski definition) is 3. The van der Waals surface area contributed by atoms with Gasteiger partial charge in [0, 0.05) is 43.2 Å². The molecule has 0 bridgehead atoms. The van der Waals surface area contributed by atoms with Crippen LogP contribution in [0.1, 0.15) is 39.1 Å². The summed E-state index contributed by atoms with van der Waals surface area (Å²) in [5.74, 6) is -0.186. The van der Waals surface area contributed by atoms with Crippen molar-refractivity contribution in [2.75, 3.05) is 13.1 Å². The van der Waals surface area contributed by atoms with E-state index >= 15 is 0 Å². The fraction of sp³-hybridized carbons (Fsp3) is 0.278. The monoisotopic (exact) mass is 309 g/mol. The predicted molar refractivity (Wildman–Crippen MR) is 87.0 cm³/mol. The molecule has 1 aromatic carbocycles. The van der Waals surface area contributed by atoms with E-state index in [1.807, 2.05) is 17.0 Å². The molecule has 1 aliphatic heterocycles. The summed E-state index contributed by atoms with van der Waals surface area (Å²) in [4.78, 5) is 30.5. The third-order valence-electron chi connectivity index (χ3n) is 3.94. The Morgan fingerprint density at radius 1 is 1.09 bits per heavy atom. The topological polar surface area (TPSA) is 62.3 Å². The molecule has 3 rings (SSSR count). The second kappa shape index (κ2) is 7.05. The van der Waals surface area contributed by atoms with E-state index in [1.54, 1.807) is 36.7 Å². The summed E-state index contributed by atoms with van der Waals surface area (Å²) in [6.45, 7) is 2.02. The van der Waals surface area contributed by atoms with Crippen LogP contribution in [0.15, 0.2) is 48.8 Å². The molecule has 1 saturated heterocycles. The minimum absolute atomic E-state index is 0.00408. The van der Waals surface area contributed by atoms with Crippen LogP contribution in [0.4, 0.5) is 0 Å². The van der Waals surface area contributed by atoms with Crippen LogP contribution >= 0.6 is 0 Å². The van der Waals surface area contributed by atoms with Crippen LogP contribution in [0.2, 0.25) is 0 Å². The lowest BCUT2D eigenvalue weighted by Gasteiger charge is -2.15. The predicted octanol–water partition coefficient (Wildman–Crippen LogP) is 2.25. The van der Waals surface area contributed by atoms with Crippen molar-refractivity contribution in [3.8, 4) is 0 Å². The second-order valence-corrected chi connectivity index (χ2v) is 5.62. The number of amides is 2. The summed E-state index contributed by atoms with van der Waals surface area (Å²) in [6.07, 6.45) is 5.51. The van der Waals surface area contributed by atoms with Crippen LogP contribution < -0.4 is 5.32 Å². The Hall–Kier alpha value is -2.69. The molecule has 23 heavy (non-hydrogen) atoms. The molecule has 0 spiro atoms. The van der Waals surface area contributed by atoms with Gasteiger partial charge in [0.25, 0.3) is 11.8 Å². The Kier molecular flexibility index (Phi) is 4.66. The zero-order chi connectivity index (χ0) is 16.1. The number of likely N-dealkylation sites (tertiary alicyclic amines) is 1. The van der Waals surface area contributed by atoms with E-state index in [0.29, 0.717) is 17.7 Å². The lowest BCUT2D eigenvalue weighted by atomic mass is 10.1. The number of benzene rings is 1. The highest BCUT2D eigenvalue weighted by Crippen LogP contribution is 2.14. The van der Waals surface area contributed by atoms with Gasteiger partial charge in [0.15, 0.2) is 0 Å². The number of rotatable bonds is 4. The third kappa shape index (κ3) is 3.74. The van der Waals surface area contributed by atoms with Crippen LogP contribution in [0.3, 0.4) is 0 Å². The number of aromatic nitrogens is 1. The molecule has 5 nitrogen and oxygen atoms in total. The number of hydrogen-bond donors (Lipinski definition) is 1. The molecule has 2 amide bonds. The lowest BCUT2D eigenvalue weighted by Crippen LogP contribution is -2.28. The molecule has 0 atom stereocenters. The van der Waals surface area contributed by atoms with Gasteiger partial charge in [0.05, 0.1) is 0 Å². The molecular formula is C18H19N3O2. The maximum atomic E-state index is 12.4. The van der Waals surface area contributed by atoms with E-state index in [9.17, 15) is 9.59 Å². The van der Waals surface area contributed by atoms with Gasteiger partial charge in [-0.25, -0.2) is 0 Å². The van der Waals surface area contributed by atoms with Gasteiger partial charge in [-0.15, -0.1) is 0 Å². The van der Waals surface area contributed by atoms with Gasteiger partial charge in [-0.05, 0) is 42.7 Å². The fourth-order valence-corrected chi connectivity index (χ4v) is 2.68. The molecule has 0 aliphatic carbocycles. The van der Waals surface area contributed by atoms with E-state index in [-0.39, 0.29) is 11.8 Å². The van der Waals surface area contributed by atoms with Gasteiger partial charge in [-0.2, -0.15) is 0 Å². The van der Waals surface area contributed by atoms with Crippen molar-refractivity contribution in [3.63, 3.8) is 0 Å². The summed E-state index contributed by atoms with van der Waals surface area (Å²) < 4.78 is 0. The number of nitrogens with one attached hydrogen (secondary N) is 1. The van der Waals surface area contributed by atoms with E-state index in [0.717, 1.165) is 31.5 Å². The summed E-state index contributed by atoms with van der Waals surface area (Å²) in [6, 6.07) is 10.6. The smallest absolute Gasteiger partial charge is 0.253 e. The summed E-state index contributed by atoms with van der Waals surface area (Å²) in [5.41, 5.74) is 2.00. The van der Waals surface area contributed by atoms with Gasteiger partial charge in [0.2, 0.25) is 0 Å². The Balaban J connectivity index is 1.66. The molecule has 1 N–H and O–H groups in total. The Labute approximate surface area is 135 Å². The van der Waals surface area contributed by atoms with Crippen molar-refractivity contribution in [1.29, 1.82) is 0 Å². The molecule has 118 valence electrons. The first-order valence-electron chi connectivity index (χ1n) is 7.80. The first-order valence-corrected chi connectivity index (χ1v) is 7.80. The SMILES string of the molecule is O=C(NCc1cccnc1)c1cccc(C(=O)N2CCCC2)c1. The Morgan fingerprint density at radius 2 is 1.87 bits per heavy atom. The van der Waals surface area contributed by atoms with Crippen LogP contribution in [0.25, 0.3) is 0 Å². The number of nitrogens with zero attached hydrogens (tertiary/aromatic N) is 2. The number of carbonyl (C=O) groups excluding carboxylic acids is 2. The molecule has 1 fully saturated rings. The molecule has 0 saturated carbocycles. The van der Waals surface area contributed by atoms with Crippen molar-refractivity contribution in [3.05, 3.63) is 65.5 Å². The number of carbonyl (C=O) groups is 2. The minimum Gasteiger partial charge on any atom is -0.348 e. The van der Waals surface area contributed by atoms with E-state index in [4.69, 9.17) is 0 Å². The molecule has 2 aromatic rings. The maximum absolute atomic E-state index is 12.4. The first-order chi connectivity index (χ1) is 11.2.